The zero-order valence-electron chi connectivity index (χ0n) is 17.7. The number of rotatable bonds is 7. The van der Waals surface area contributed by atoms with E-state index in [0.717, 1.165) is 22.4 Å². The lowest BCUT2D eigenvalue weighted by atomic mass is 10.1. The summed E-state index contributed by atoms with van der Waals surface area (Å²) in [4.78, 5) is 25.4. The number of pyridine rings is 2. The van der Waals surface area contributed by atoms with Gasteiger partial charge in [0.25, 0.3) is 0 Å². The van der Waals surface area contributed by atoms with Crippen molar-refractivity contribution in [2.75, 3.05) is 11.9 Å². The minimum atomic E-state index is -4.48. The zero-order chi connectivity index (χ0) is 24.0. The van der Waals surface area contributed by atoms with Gasteiger partial charge in [0.2, 0.25) is 0 Å². The monoisotopic (exact) mass is 468 g/mol. The van der Waals surface area contributed by atoms with Gasteiger partial charge in [-0.1, -0.05) is 17.3 Å². The second kappa shape index (κ2) is 10.0. The molecule has 34 heavy (non-hydrogen) atoms. The second-order valence-corrected chi connectivity index (χ2v) is 7.20. The van der Waals surface area contributed by atoms with Gasteiger partial charge in [-0.15, -0.1) is 0 Å². The van der Waals surface area contributed by atoms with E-state index < -0.39 is 18.8 Å². The van der Waals surface area contributed by atoms with Crippen molar-refractivity contribution in [1.82, 2.24) is 19.7 Å². The van der Waals surface area contributed by atoms with Crippen molar-refractivity contribution in [3.63, 3.8) is 0 Å². The molecule has 8 nitrogen and oxygen atoms in total. The summed E-state index contributed by atoms with van der Waals surface area (Å²) < 4.78 is 38.7. The number of hydrogen-bond acceptors (Lipinski definition) is 5. The molecule has 0 radical (unpaired) electrons. The molecule has 0 unspecified atom stereocenters. The molecule has 174 valence electrons. The molecule has 0 aliphatic carbocycles. The van der Waals surface area contributed by atoms with Crippen molar-refractivity contribution >= 4 is 23.6 Å². The number of alkyl halides is 3. The van der Waals surface area contributed by atoms with Crippen molar-refractivity contribution in [2.24, 2.45) is 5.16 Å². The summed E-state index contributed by atoms with van der Waals surface area (Å²) in [6.45, 7) is -1.08. The average Bonchev–Trinajstić information content (AvgIpc) is 3.24. The van der Waals surface area contributed by atoms with E-state index in [0.29, 0.717) is 17.9 Å². The van der Waals surface area contributed by atoms with Gasteiger partial charge < -0.3 is 15.5 Å². The number of hydrogen-bond donors (Lipinski definition) is 2. The summed E-state index contributed by atoms with van der Waals surface area (Å²) in [5, 5.41) is 8.15. The van der Waals surface area contributed by atoms with E-state index in [-0.39, 0.29) is 0 Å². The van der Waals surface area contributed by atoms with Gasteiger partial charge in [0.05, 0.1) is 18.1 Å². The topological polar surface area (TPSA) is 92.9 Å². The van der Waals surface area contributed by atoms with Gasteiger partial charge in [-0.3, -0.25) is 9.38 Å². The highest BCUT2D eigenvalue weighted by atomic mass is 19.4. The molecule has 3 heterocycles. The van der Waals surface area contributed by atoms with Crippen LogP contribution in [-0.4, -0.2) is 39.3 Å². The van der Waals surface area contributed by atoms with Crippen LogP contribution in [0.5, 0.6) is 0 Å². The summed E-state index contributed by atoms with van der Waals surface area (Å²) >= 11 is 0. The number of amides is 2. The van der Waals surface area contributed by atoms with Gasteiger partial charge >= 0.3 is 12.2 Å². The van der Waals surface area contributed by atoms with E-state index in [1.807, 2.05) is 40.9 Å². The van der Waals surface area contributed by atoms with Crippen LogP contribution in [0.2, 0.25) is 0 Å². The Morgan fingerprint density at radius 2 is 1.97 bits per heavy atom. The van der Waals surface area contributed by atoms with E-state index in [1.165, 1.54) is 0 Å². The smallest absolute Gasteiger partial charge is 0.391 e. The normalized spacial score (nSPS) is 11.6. The van der Waals surface area contributed by atoms with E-state index >= 15 is 0 Å². The number of anilines is 1. The summed E-state index contributed by atoms with van der Waals surface area (Å²) in [6.07, 6.45) is 3.95. The second-order valence-electron chi connectivity index (χ2n) is 7.20. The Morgan fingerprint density at radius 1 is 1.15 bits per heavy atom. The summed E-state index contributed by atoms with van der Waals surface area (Å²) in [5.74, 6) is 0. The maximum absolute atomic E-state index is 12.3. The molecule has 1 aromatic carbocycles. The quantitative estimate of drug-likeness (QED) is 0.306. The highest BCUT2D eigenvalue weighted by Crippen LogP contribution is 2.24. The van der Waals surface area contributed by atoms with Crippen molar-refractivity contribution in [3.8, 4) is 11.3 Å². The zero-order valence-corrected chi connectivity index (χ0v) is 17.7. The number of urea groups is 1. The largest absolute Gasteiger partial charge is 0.405 e. The van der Waals surface area contributed by atoms with Crippen LogP contribution in [0.1, 0.15) is 11.1 Å². The third-order valence-corrected chi connectivity index (χ3v) is 4.66. The summed E-state index contributed by atoms with van der Waals surface area (Å²) in [6, 6.07) is 13.1. The third kappa shape index (κ3) is 6.09. The van der Waals surface area contributed by atoms with Crippen LogP contribution in [-0.2, 0) is 11.4 Å². The van der Waals surface area contributed by atoms with Gasteiger partial charge in [0.15, 0.2) is 0 Å². The number of carbonyl (C=O) groups excluding carboxylic acids is 1. The first-order chi connectivity index (χ1) is 16.4. The lowest BCUT2D eigenvalue weighted by Crippen LogP contribution is -2.36. The maximum atomic E-state index is 12.3. The number of fused-ring (bicyclic) bond motifs is 1. The molecule has 3 aromatic heterocycles. The minimum Gasteiger partial charge on any atom is -0.391 e. The van der Waals surface area contributed by atoms with Crippen LogP contribution >= 0.6 is 0 Å². The fourth-order valence-corrected chi connectivity index (χ4v) is 3.09. The molecule has 0 bridgehead atoms. The highest BCUT2D eigenvalue weighted by molar-refractivity contribution is 5.90. The first-order valence-corrected chi connectivity index (χ1v) is 10.1. The number of nitrogens with one attached hydrogen (secondary N) is 2. The average molecular weight is 468 g/mol. The van der Waals surface area contributed by atoms with Crippen LogP contribution < -0.4 is 10.6 Å². The fraction of sp³-hybridized carbons (Fsp3) is 0.130. The number of benzene rings is 1. The number of halogens is 3. The lowest BCUT2D eigenvalue weighted by Gasteiger charge is -2.10. The minimum absolute atomic E-state index is 0.327. The summed E-state index contributed by atoms with van der Waals surface area (Å²) in [7, 11) is 0. The van der Waals surface area contributed by atoms with Crippen molar-refractivity contribution in [3.05, 3.63) is 84.4 Å². The predicted molar refractivity (Wildman–Crippen MR) is 120 cm³/mol. The molecule has 0 aliphatic heterocycles. The highest BCUT2D eigenvalue weighted by Gasteiger charge is 2.27. The van der Waals surface area contributed by atoms with Crippen LogP contribution in [0.4, 0.5) is 23.7 Å². The number of nitrogens with zero attached hydrogens (tertiary/aromatic N) is 4. The first kappa shape index (κ1) is 22.8. The molecule has 0 saturated carbocycles. The van der Waals surface area contributed by atoms with Gasteiger partial charge in [-0.2, -0.15) is 13.2 Å². The maximum Gasteiger partial charge on any atom is 0.405 e. The van der Waals surface area contributed by atoms with Crippen LogP contribution in [0.15, 0.2) is 78.5 Å². The Labute approximate surface area is 192 Å². The van der Waals surface area contributed by atoms with Crippen molar-refractivity contribution in [1.29, 1.82) is 0 Å². The molecule has 0 fully saturated rings. The molecule has 0 spiro atoms. The van der Waals surface area contributed by atoms with Gasteiger partial charge in [0.1, 0.15) is 18.8 Å². The van der Waals surface area contributed by atoms with E-state index in [2.05, 4.69) is 20.4 Å². The van der Waals surface area contributed by atoms with E-state index in [4.69, 9.17) is 4.84 Å². The van der Waals surface area contributed by atoms with Crippen LogP contribution in [0.3, 0.4) is 0 Å². The predicted octanol–water partition coefficient (Wildman–Crippen LogP) is 4.63. The Bertz CT molecular complexity index is 1310. The number of aromatic nitrogens is 3. The van der Waals surface area contributed by atoms with Crippen LogP contribution in [0, 0.1) is 0 Å². The molecule has 2 N–H and O–H groups in total. The molecule has 0 saturated heterocycles. The SMILES string of the molecule is O=C(NCC(F)(F)F)Nc1cccc(-c2cnc3cc(/C=N/OCc4ccncc4)ccn23)c1. The fourth-order valence-electron chi connectivity index (χ4n) is 3.09. The number of imidazole rings is 1. The first-order valence-electron chi connectivity index (χ1n) is 10.1. The van der Waals surface area contributed by atoms with E-state index in [1.54, 1.807) is 48.3 Å². The molecule has 4 aromatic rings. The number of oxime groups is 1. The lowest BCUT2D eigenvalue weighted by molar-refractivity contribution is -0.122. The van der Waals surface area contributed by atoms with Gasteiger partial charge in [-0.25, -0.2) is 9.78 Å². The third-order valence-electron chi connectivity index (χ3n) is 4.66. The molecule has 11 heteroatoms. The molecule has 0 aliphatic rings. The molecule has 2 amide bonds. The molecular weight excluding hydrogens is 449 g/mol. The van der Waals surface area contributed by atoms with E-state index in [9.17, 15) is 18.0 Å². The Morgan fingerprint density at radius 3 is 2.76 bits per heavy atom. The van der Waals surface area contributed by atoms with Gasteiger partial charge in [0, 0.05) is 35.4 Å². The van der Waals surface area contributed by atoms with Crippen molar-refractivity contribution < 1.29 is 22.8 Å². The number of carbonyl (C=O) groups is 1. The Hall–Kier alpha value is -4.41. The molecule has 0 atom stereocenters. The molecular formula is C23H19F3N6O2. The standard InChI is InChI=1S/C23H19F3N6O2/c24-23(25,26)15-29-22(33)31-19-3-1-2-18(11-19)20-13-28-21-10-17(6-9-32(20)21)12-30-34-14-16-4-7-27-8-5-16/h1-13H,14-15H2,(H2,29,31,33)/b30-12+. The Balaban J connectivity index is 1.43. The Kier molecular flexibility index (Phi) is 6.72. The summed E-state index contributed by atoms with van der Waals surface area (Å²) in [5.41, 5.74) is 4.22. The van der Waals surface area contributed by atoms with Crippen molar-refractivity contribution in [2.45, 2.75) is 12.8 Å². The molecule has 4 rings (SSSR count). The van der Waals surface area contributed by atoms with Crippen LogP contribution in [0.25, 0.3) is 16.9 Å². The van der Waals surface area contributed by atoms with Gasteiger partial charge in [-0.05, 0) is 42.0 Å².